The third kappa shape index (κ3) is 6.34. The molecule has 1 saturated heterocycles. The van der Waals surface area contributed by atoms with Gasteiger partial charge >= 0.3 is 11.9 Å². The number of carboxylic acid groups (broad SMARTS) is 1. The number of rotatable bonds is 11. The highest BCUT2D eigenvalue weighted by molar-refractivity contribution is 7.13. The molecule has 0 bridgehead atoms. The summed E-state index contributed by atoms with van der Waals surface area (Å²) in [5, 5.41) is 19.2. The Bertz CT molecular complexity index is 734. The van der Waals surface area contributed by atoms with Crippen LogP contribution in [0.2, 0.25) is 0 Å². The van der Waals surface area contributed by atoms with Crippen LogP contribution in [0.25, 0.3) is 0 Å². The molecule has 162 valence electrons. The van der Waals surface area contributed by atoms with Gasteiger partial charge in [0.05, 0.1) is 12.1 Å². The lowest BCUT2D eigenvalue weighted by Crippen LogP contribution is -2.36. The van der Waals surface area contributed by atoms with Crippen molar-refractivity contribution in [3.05, 3.63) is 34.0 Å². The predicted octanol–water partition coefficient (Wildman–Crippen LogP) is 4.36. The molecule has 1 aromatic heterocycles. The van der Waals surface area contributed by atoms with Crippen molar-refractivity contribution in [2.75, 3.05) is 6.54 Å². The molecule has 0 aromatic carbocycles. The number of aliphatic hydroxyl groups excluding tert-OH is 1. The number of amides is 1. The van der Waals surface area contributed by atoms with E-state index in [1.165, 1.54) is 23.1 Å². The van der Waals surface area contributed by atoms with Gasteiger partial charge in [-0.1, -0.05) is 38.8 Å². The molecule has 1 unspecified atom stereocenters. The molecule has 0 spiro atoms. The number of halogens is 2. The Hall–Kier alpha value is -1.80. The minimum atomic E-state index is -3.40. The molecule has 0 radical (unpaired) electrons. The Labute approximate surface area is 174 Å². The van der Waals surface area contributed by atoms with Crippen molar-refractivity contribution in [3.8, 4) is 0 Å². The molecule has 1 fully saturated rings. The molecule has 1 aromatic rings. The maximum absolute atomic E-state index is 14.0. The van der Waals surface area contributed by atoms with Crippen molar-refractivity contribution < 1.29 is 28.6 Å². The molecule has 2 N–H and O–H groups in total. The first-order chi connectivity index (χ1) is 13.7. The van der Waals surface area contributed by atoms with E-state index in [-0.39, 0.29) is 17.3 Å². The van der Waals surface area contributed by atoms with E-state index >= 15 is 0 Å². The van der Waals surface area contributed by atoms with E-state index in [1.54, 1.807) is 6.07 Å². The summed E-state index contributed by atoms with van der Waals surface area (Å²) in [6.07, 6.45) is 5.59. The number of aryl methyl sites for hydroxylation is 1. The number of carbonyl (C=O) groups excluding carboxylic acids is 1. The molecule has 5 nitrogen and oxygen atoms in total. The van der Waals surface area contributed by atoms with Crippen LogP contribution in [0.3, 0.4) is 0 Å². The summed E-state index contributed by atoms with van der Waals surface area (Å²) in [5.74, 6) is -5.54. The molecular weight excluding hydrogens is 400 g/mol. The third-order valence-electron chi connectivity index (χ3n) is 5.26. The number of nitrogens with zero attached hydrogens (tertiary/aromatic N) is 1. The third-order valence-corrected chi connectivity index (χ3v) is 6.39. The molecule has 2 rings (SSSR count). The van der Waals surface area contributed by atoms with Crippen LogP contribution in [0.4, 0.5) is 8.78 Å². The maximum atomic E-state index is 14.0. The minimum absolute atomic E-state index is 0.0273. The van der Waals surface area contributed by atoms with Crippen LogP contribution in [0.1, 0.15) is 60.5 Å². The van der Waals surface area contributed by atoms with E-state index < -0.39 is 36.4 Å². The quantitative estimate of drug-likeness (QED) is 0.513. The average Bonchev–Trinajstić information content (AvgIpc) is 3.22. The Morgan fingerprint density at radius 3 is 2.76 bits per heavy atom. The topological polar surface area (TPSA) is 77.8 Å². The number of alkyl halides is 2. The van der Waals surface area contributed by atoms with E-state index in [0.717, 1.165) is 35.5 Å². The van der Waals surface area contributed by atoms with Crippen LogP contribution in [-0.4, -0.2) is 51.6 Å². The van der Waals surface area contributed by atoms with Crippen molar-refractivity contribution in [2.24, 2.45) is 5.92 Å². The van der Waals surface area contributed by atoms with Crippen LogP contribution in [0.15, 0.2) is 24.3 Å². The lowest BCUT2D eigenvalue weighted by Gasteiger charge is -2.22. The van der Waals surface area contributed by atoms with E-state index in [9.17, 15) is 23.5 Å². The van der Waals surface area contributed by atoms with Gasteiger partial charge in [-0.25, -0.2) is 4.79 Å². The molecule has 1 aliphatic rings. The zero-order chi connectivity index (χ0) is 21.6. The Morgan fingerprint density at radius 1 is 1.41 bits per heavy atom. The second kappa shape index (κ2) is 10.3. The number of aliphatic hydroxyl groups is 1. The van der Waals surface area contributed by atoms with Gasteiger partial charge in [0, 0.05) is 17.8 Å². The molecule has 29 heavy (non-hydrogen) atoms. The molecule has 1 aliphatic heterocycles. The van der Waals surface area contributed by atoms with Gasteiger partial charge in [-0.05, 0) is 37.3 Å². The first-order valence-electron chi connectivity index (χ1n) is 10.0. The summed E-state index contributed by atoms with van der Waals surface area (Å²) in [6, 6.07) is 2.48. The van der Waals surface area contributed by atoms with Crippen LogP contribution < -0.4 is 0 Å². The molecule has 0 saturated carbocycles. The molecule has 2 heterocycles. The molecule has 8 heteroatoms. The van der Waals surface area contributed by atoms with Crippen molar-refractivity contribution in [1.82, 2.24) is 4.90 Å². The Kier molecular flexibility index (Phi) is 8.34. The number of aromatic carboxylic acids is 1. The number of hydrogen-bond donors (Lipinski definition) is 2. The summed E-state index contributed by atoms with van der Waals surface area (Å²) in [5.41, 5.74) is 0. The lowest BCUT2D eigenvalue weighted by atomic mass is 9.97. The standard InChI is InChI=1S/C21H29F2NO4S/c1-3-4-6-14(2)17(25)10-8-15-13-21(22,23)20(28)24(15)12-5-7-16-9-11-18(29-16)19(26)27/h8-11,14-15,17,25H,3-7,12-13H2,1-2H3,(H,26,27)/t14-,15?,17+/m0/s1. The number of thiophene rings is 1. The van der Waals surface area contributed by atoms with E-state index in [4.69, 9.17) is 5.11 Å². The largest absolute Gasteiger partial charge is 0.477 e. The lowest BCUT2D eigenvalue weighted by molar-refractivity contribution is -0.148. The first kappa shape index (κ1) is 23.5. The number of hydrogen-bond acceptors (Lipinski definition) is 4. The fourth-order valence-corrected chi connectivity index (χ4v) is 4.33. The number of carbonyl (C=O) groups is 2. The second-order valence-corrected chi connectivity index (χ2v) is 8.81. The van der Waals surface area contributed by atoms with E-state index in [1.807, 2.05) is 6.92 Å². The highest BCUT2D eigenvalue weighted by Gasteiger charge is 2.52. The fourth-order valence-electron chi connectivity index (χ4n) is 3.44. The summed E-state index contributed by atoms with van der Waals surface area (Å²) in [6.45, 7) is 4.15. The summed E-state index contributed by atoms with van der Waals surface area (Å²) < 4.78 is 28.0. The fraction of sp³-hybridized carbons (Fsp3) is 0.619. The van der Waals surface area contributed by atoms with Crippen molar-refractivity contribution in [1.29, 1.82) is 0 Å². The van der Waals surface area contributed by atoms with Gasteiger partial charge in [-0.2, -0.15) is 8.78 Å². The number of carboxylic acids is 1. The average molecular weight is 430 g/mol. The van der Waals surface area contributed by atoms with Gasteiger partial charge in [-0.3, -0.25) is 4.79 Å². The highest BCUT2D eigenvalue weighted by atomic mass is 32.1. The number of likely N-dealkylation sites (tertiary alicyclic amines) is 1. The van der Waals surface area contributed by atoms with Crippen LogP contribution in [0, 0.1) is 5.92 Å². The normalized spacial score (nSPS) is 21.1. The van der Waals surface area contributed by atoms with Gasteiger partial charge in [0.25, 0.3) is 5.91 Å². The molecule has 0 aliphatic carbocycles. The summed E-state index contributed by atoms with van der Waals surface area (Å²) in [7, 11) is 0. The van der Waals surface area contributed by atoms with Gasteiger partial charge in [0.15, 0.2) is 0 Å². The molecule has 1 amide bonds. The SMILES string of the molecule is CCCC[C@H](C)[C@H](O)C=CC1CC(F)(F)C(=O)N1CCCc1ccc(C(=O)O)s1. The molecule has 3 atom stereocenters. The second-order valence-electron chi connectivity index (χ2n) is 7.64. The monoisotopic (exact) mass is 429 g/mol. The van der Waals surface area contributed by atoms with Gasteiger partial charge < -0.3 is 15.1 Å². The van der Waals surface area contributed by atoms with E-state index in [0.29, 0.717) is 12.8 Å². The van der Waals surface area contributed by atoms with Gasteiger partial charge in [0.2, 0.25) is 0 Å². The summed E-state index contributed by atoms with van der Waals surface area (Å²) in [4.78, 5) is 25.3. The van der Waals surface area contributed by atoms with Crippen LogP contribution in [-0.2, 0) is 11.2 Å². The van der Waals surface area contributed by atoms with Gasteiger partial charge in [-0.15, -0.1) is 11.3 Å². The Morgan fingerprint density at radius 2 is 2.14 bits per heavy atom. The highest BCUT2D eigenvalue weighted by Crippen LogP contribution is 2.34. The van der Waals surface area contributed by atoms with Gasteiger partial charge in [0.1, 0.15) is 4.88 Å². The van der Waals surface area contributed by atoms with Crippen molar-refractivity contribution >= 4 is 23.2 Å². The smallest absolute Gasteiger partial charge is 0.345 e. The van der Waals surface area contributed by atoms with E-state index in [2.05, 4.69) is 6.92 Å². The minimum Gasteiger partial charge on any atom is -0.477 e. The van der Waals surface area contributed by atoms with Crippen LogP contribution in [0.5, 0.6) is 0 Å². The number of unbranched alkanes of at least 4 members (excludes halogenated alkanes) is 1. The van der Waals surface area contributed by atoms with Crippen molar-refractivity contribution in [3.63, 3.8) is 0 Å². The maximum Gasteiger partial charge on any atom is 0.345 e. The van der Waals surface area contributed by atoms with Crippen molar-refractivity contribution in [2.45, 2.75) is 70.4 Å². The predicted molar refractivity (Wildman–Crippen MR) is 109 cm³/mol. The van der Waals surface area contributed by atoms with Crippen LogP contribution >= 0.6 is 11.3 Å². The summed E-state index contributed by atoms with van der Waals surface area (Å²) >= 11 is 1.15. The molecular formula is C21H29F2NO4S. The zero-order valence-corrected chi connectivity index (χ0v) is 17.6. The zero-order valence-electron chi connectivity index (χ0n) is 16.8. The first-order valence-corrected chi connectivity index (χ1v) is 10.8. The Balaban J connectivity index is 1.96.